The number of carbonyl (C=O) groups is 1. The van der Waals surface area contributed by atoms with Crippen LogP contribution < -0.4 is 19.8 Å². The third-order valence-electron chi connectivity index (χ3n) is 11.6. The van der Waals surface area contributed by atoms with Gasteiger partial charge >= 0.3 is 5.97 Å². The number of allylic oxidation sites excluding steroid dienone is 2. The van der Waals surface area contributed by atoms with Gasteiger partial charge in [-0.2, -0.15) is 0 Å². The molecule has 0 bridgehead atoms. The largest absolute Gasteiger partial charge is 0.497 e. The second-order valence-electron chi connectivity index (χ2n) is 18.7. The van der Waals surface area contributed by atoms with E-state index in [-0.39, 0.29) is 24.0 Å². The number of rotatable bonds is 21. The molecule has 4 aromatic carbocycles. The van der Waals surface area contributed by atoms with Crippen LogP contribution in [0.3, 0.4) is 0 Å². The maximum Gasteiger partial charge on any atom is 0.342 e. The zero-order valence-corrected chi connectivity index (χ0v) is 40.8. The number of carbonyl (C=O) groups excluding carboxylic acids is 1. The number of hydrogen-bond donors (Lipinski definition) is 2. The van der Waals surface area contributed by atoms with Crippen LogP contribution in [0.5, 0.6) is 11.5 Å². The van der Waals surface area contributed by atoms with Crippen molar-refractivity contribution in [3.63, 3.8) is 0 Å². The lowest BCUT2D eigenvalue weighted by Crippen LogP contribution is -2.65. The second kappa shape index (κ2) is 21.9. The van der Waals surface area contributed by atoms with E-state index < -0.39 is 51.5 Å². The molecule has 338 valence electrons. The van der Waals surface area contributed by atoms with Crippen LogP contribution in [-0.4, -0.2) is 84.0 Å². The summed E-state index contributed by atoms with van der Waals surface area (Å²) in [5, 5.41) is 13.3. The van der Waals surface area contributed by atoms with Crippen LogP contribution in [-0.2, 0) is 18.9 Å². The number of hydrogen-bond acceptors (Lipinski definition) is 9. The molecule has 9 nitrogen and oxygen atoms in total. The first kappa shape index (κ1) is 49.4. The number of aliphatic hydroxyl groups excluding tert-OH is 1. The molecule has 5 rings (SSSR count). The number of benzene rings is 4. The Labute approximate surface area is 377 Å². The third-order valence-corrected chi connectivity index (χ3v) is 17.8. The molecule has 11 heteroatoms. The van der Waals surface area contributed by atoms with E-state index in [2.05, 4.69) is 58.6 Å². The Kier molecular flexibility index (Phi) is 17.1. The molecular weight excluding hydrogens is 825 g/mol. The first-order valence-electron chi connectivity index (χ1n) is 21.9. The smallest absolute Gasteiger partial charge is 0.342 e. The summed E-state index contributed by atoms with van der Waals surface area (Å²) in [5.74, 6) is -0.666. The Morgan fingerprint density at radius 2 is 1.51 bits per heavy atom. The van der Waals surface area contributed by atoms with Gasteiger partial charge in [-0.15, -0.1) is 0 Å². The van der Waals surface area contributed by atoms with Crippen molar-refractivity contribution in [2.24, 2.45) is 5.92 Å². The molecule has 0 radical (unpaired) electrons. The van der Waals surface area contributed by atoms with Crippen molar-refractivity contribution in [2.45, 2.75) is 102 Å². The molecule has 0 saturated carbocycles. The number of ether oxygens (including phenoxy) is 6. The lowest BCUT2D eigenvalue weighted by Gasteiger charge is -2.43. The first-order chi connectivity index (χ1) is 29.9. The Balaban J connectivity index is 1.41. The van der Waals surface area contributed by atoms with Crippen molar-refractivity contribution < 1.29 is 43.1 Å². The summed E-state index contributed by atoms with van der Waals surface area (Å²) in [6.07, 6.45) is 8.47. The summed E-state index contributed by atoms with van der Waals surface area (Å²) >= 11 is 0. The minimum absolute atomic E-state index is 0.0110. The highest BCUT2D eigenvalue weighted by Crippen LogP contribution is 2.43. The Morgan fingerprint density at radius 3 is 2.08 bits per heavy atom. The van der Waals surface area contributed by atoms with Gasteiger partial charge in [0.05, 0.1) is 19.8 Å². The van der Waals surface area contributed by atoms with Crippen LogP contribution in [0.4, 0.5) is 0 Å². The zero-order chi connectivity index (χ0) is 45.8. The van der Waals surface area contributed by atoms with E-state index in [1.165, 1.54) is 7.11 Å². The summed E-state index contributed by atoms with van der Waals surface area (Å²) in [6, 6.07) is 34.5. The van der Waals surface area contributed by atoms with Crippen LogP contribution >= 0.6 is 0 Å². The average Bonchev–Trinajstić information content (AvgIpc) is 3.57. The summed E-state index contributed by atoms with van der Waals surface area (Å²) in [5.41, 5.74) is 2.86. The van der Waals surface area contributed by atoms with Crippen LogP contribution in [0.2, 0.25) is 30.7 Å². The summed E-state index contributed by atoms with van der Waals surface area (Å²) in [4.78, 5) is 26.6. The van der Waals surface area contributed by atoms with Crippen molar-refractivity contribution in [1.29, 1.82) is 0 Å². The van der Waals surface area contributed by atoms with Crippen LogP contribution in [0.15, 0.2) is 127 Å². The highest BCUT2D eigenvalue weighted by atomic mass is 28.4. The van der Waals surface area contributed by atoms with E-state index in [0.717, 1.165) is 27.6 Å². The molecule has 1 unspecified atom stereocenters. The lowest BCUT2D eigenvalue weighted by atomic mass is 9.89. The molecule has 0 spiro atoms. The third kappa shape index (κ3) is 13.2. The minimum Gasteiger partial charge on any atom is -0.497 e. The fourth-order valence-corrected chi connectivity index (χ4v) is 12.8. The van der Waals surface area contributed by atoms with Crippen LogP contribution in [0.25, 0.3) is 12.2 Å². The number of aliphatic hydroxyl groups is 1. The van der Waals surface area contributed by atoms with Gasteiger partial charge in [0.25, 0.3) is 8.32 Å². The van der Waals surface area contributed by atoms with E-state index in [1.54, 1.807) is 25.3 Å². The average molecular weight is 893 g/mol. The molecule has 1 aliphatic rings. The molecule has 1 aliphatic heterocycles. The molecule has 2 N–H and O–H groups in total. The van der Waals surface area contributed by atoms with E-state index in [4.69, 9.17) is 28.4 Å². The van der Waals surface area contributed by atoms with Crippen molar-refractivity contribution in [1.82, 2.24) is 0 Å². The molecule has 1 heterocycles. The van der Waals surface area contributed by atoms with Gasteiger partial charge in [0.15, 0.2) is 12.6 Å². The van der Waals surface area contributed by atoms with E-state index in [0.29, 0.717) is 30.8 Å². The van der Waals surface area contributed by atoms with Crippen molar-refractivity contribution in [3.8, 4) is 11.5 Å². The Hall–Kier alpha value is -4.60. The van der Waals surface area contributed by atoms with Gasteiger partial charge in [0.2, 0.25) is 0 Å². The van der Waals surface area contributed by atoms with Crippen molar-refractivity contribution in [2.75, 3.05) is 27.6 Å². The fraction of sp³-hybridized carbons (Fsp3) is 0.404. The van der Waals surface area contributed by atoms with E-state index in [9.17, 15) is 14.7 Å². The SMILES string of the molecule is COCOc1cc(OC)cc(/C=C/C[C@@H]2OC(C)(C)O[C@@H]2C(O)/C=C\C(=C\c2ccccc2)[C@H](C)CC(C)(C)[Si](O)(c2ccccc2)c2ccccc2)c1C(=O)OCC[Si](C)(C)C. The second-order valence-corrected chi connectivity index (χ2v) is 28.3. The summed E-state index contributed by atoms with van der Waals surface area (Å²) in [7, 11) is -1.67. The maximum atomic E-state index is 13.6. The standard InChI is InChI=1S/C52H68O9Si2/c1-38(36-51(2,3)63(55,43-24-16-12-17-25-43)44-26-18-13-19-27-44)40(33-39-21-14-11-15-22-39)29-30-45(53)49-46(60-52(4,5)61-49)28-20-23-41-34-42(57-7)35-47(59-37-56-6)48(41)50(54)58-31-32-62(8,9)10/h11-27,29-30,33-35,38,45-46,49,53,55H,28,31-32,36-37H2,1-10H3/b23-20+,30-29-,40-33-/t38-,45?,46+,49-/m1/s1. The fourth-order valence-electron chi connectivity index (χ4n) is 8.25. The minimum atomic E-state index is -3.28. The summed E-state index contributed by atoms with van der Waals surface area (Å²) < 4.78 is 35.1. The van der Waals surface area contributed by atoms with Crippen LogP contribution in [0.1, 0.15) is 68.9 Å². The van der Waals surface area contributed by atoms with Crippen molar-refractivity contribution >= 4 is 44.9 Å². The van der Waals surface area contributed by atoms with Gasteiger partial charge < -0.3 is 38.3 Å². The van der Waals surface area contributed by atoms with E-state index in [1.807, 2.05) is 111 Å². The van der Waals surface area contributed by atoms with E-state index >= 15 is 0 Å². The van der Waals surface area contributed by atoms with Crippen LogP contribution in [0, 0.1) is 5.92 Å². The van der Waals surface area contributed by atoms with Gasteiger partial charge in [0.1, 0.15) is 29.3 Å². The number of methoxy groups -OCH3 is 2. The molecule has 0 amide bonds. The molecule has 4 atom stereocenters. The molecule has 1 fully saturated rings. The van der Waals surface area contributed by atoms with Gasteiger partial charge in [0, 0.05) is 21.3 Å². The van der Waals surface area contributed by atoms with Crippen molar-refractivity contribution in [3.05, 3.63) is 144 Å². The first-order valence-corrected chi connectivity index (χ1v) is 27.5. The highest BCUT2D eigenvalue weighted by molar-refractivity contribution is 6.98. The predicted molar refractivity (Wildman–Crippen MR) is 259 cm³/mol. The monoisotopic (exact) mass is 892 g/mol. The number of esters is 1. The maximum absolute atomic E-state index is 13.6. The van der Waals surface area contributed by atoms with Gasteiger partial charge in [-0.3, -0.25) is 0 Å². The zero-order valence-electron chi connectivity index (χ0n) is 38.8. The lowest BCUT2D eigenvalue weighted by molar-refractivity contribution is -0.152. The molecule has 1 saturated heterocycles. The molecular formula is C52H68O9Si2. The Bertz CT molecular complexity index is 2120. The highest BCUT2D eigenvalue weighted by Gasteiger charge is 2.50. The van der Waals surface area contributed by atoms with Gasteiger partial charge in [-0.1, -0.05) is 162 Å². The molecule has 63 heavy (non-hydrogen) atoms. The molecule has 0 aromatic heterocycles. The quantitative estimate of drug-likeness (QED) is 0.0366. The molecule has 4 aromatic rings. The summed E-state index contributed by atoms with van der Waals surface area (Å²) in [6.45, 7) is 17.2. The Morgan fingerprint density at radius 1 is 0.905 bits per heavy atom. The van der Waals surface area contributed by atoms with Gasteiger partial charge in [-0.05, 0) is 76.8 Å². The van der Waals surface area contributed by atoms with Gasteiger partial charge in [-0.25, -0.2) is 4.79 Å². The predicted octanol–water partition coefficient (Wildman–Crippen LogP) is 9.66. The topological polar surface area (TPSA) is 113 Å². The normalized spacial score (nSPS) is 18.1. The molecule has 0 aliphatic carbocycles.